The van der Waals surface area contributed by atoms with Crippen molar-refractivity contribution >= 4 is 5.91 Å². The molecular formula is C13H14N2O2. The normalized spacial score (nSPS) is 14.1. The third-order valence-corrected chi connectivity index (χ3v) is 2.82. The van der Waals surface area contributed by atoms with Crippen molar-refractivity contribution in [3.63, 3.8) is 0 Å². The van der Waals surface area contributed by atoms with E-state index in [2.05, 4.69) is 0 Å². The Bertz CT molecular complexity index is 477. The number of nitriles is 1. The van der Waals surface area contributed by atoms with E-state index in [0.717, 1.165) is 12.0 Å². The molecule has 17 heavy (non-hydrogen) atoms. The number of fused-ring (bicyclic) bond motifs is 1. The van der Waals surface area contributed by atoms with Crippen molar-refractivity contribution in [1.29, 1.82) is 5.26 Å². The molecule has 1 aromatic rings. The van der Waals surface area contributed by atoms with Crippen molar-refractivity contribution < 1.29 is 9.53 Å². The number of carbonyl (C=O) groups is 1. The maximum absolute atomic E-state index is 12.1. The lowest BCUT2D eigenvalue weighted by molar-refractivity contribution is 0.0760. The first kappa shape index (κ1) is 11.5. The summed E-state index contributed by atoms with van der Waals surface area (Å²) in [7, 11) is 0. The lowest BCUT2D eigenvalue weighted by Crippen LogP contribution is -2.37. The molecule has 0 bridgehead atoms. The Hall–Kier alpha value is -2.02. The Labute approximate surface area is 100 Å². The minimum Gasteiger partial charge on any atom is -0.494 e. The Kier molecular flexibility index (Phi) is 3.29. The van der Waals surface area contributed by atoms with E-state index in [9.17, 15) is 4.79 Å². The van der Waals surface area contributed by atoms with Crippen LogP contribution in [-0.2, 0) is 6.42 Å². The van der Waals surface area contributed by atoms with E-state index >= 15 is 0 Å². The van der Waals surface area contributed by atoms with Crippen molar-refractivity contribution in [2.24, 2.45) is 0 Å². The molecule has 4 nitrogen and oxygen atoms in total. The summed E-state index contributed by atoms with van der Waals surface area (Å²) < 4.78 is 5.38. The Morgan fingerprint density at radius 2 is 2.35 bits per heavy atom. The van der Waals surface area contributed by atoms with E-state index in [4.69, 9.17) is 10.00 Å². The summed E-state index contributed by atoms with van der Waals surface area (Å²) in [6.45, 7) is 3.25. The molecule has 0 N–H and O–H groups in total. The Morgan fingerprint density at radius 3 is 3.06 bits per heavy atom. The highest BCUT2D eigenvalue weighted by Crippen LogP contribution is 2.23. The fourth-order valence-electron chi connectivity index (χ4n) is 1.99. The lowest BCUT2D eigenvalue weighted by atomic mass is 9.99. The van der Waals surface area contributed by atoms with Crippen LogP contribution in [0.5, 0.6) is 5.75 Å². The van der Waals surface area contributed by atoms with Crippen molar-refractivity contribution in [2.45, 2.75) is 13.3 Å². The van der Waals surface area contributed by atoms with E-state index in [1.807, 2.05) is 25.1 Å². The molecule has 1 aliphatic rings. The highest BCUT2D eigenvalue weighted by atomic mass is 16.5. The number of hydrogen-bond acceptors (Lipinski definition) is 3. The second-order valence-electron chi connectivity index (χ2n) is 3.89. The monoisotopic (exact) mass is 230 g/mol. The third kappa shape index (κ3) is 2.23. The van der Waals surface area contributed by atoms with Gasteiger partial charge in [-0.25, -0.2) is 0 Å². The lowest BCUT2D eigenvalue weighted by Gasteiger charge is -2.26. The van der Waals surface area contributed by atoms with Gasteiger partial charge in [0.15, 0.2) is 0 Å². The second kappa shape index (κ2) is 4.88. The molecule has 0 radical (unpaired) electrons. The summed E-state index contributed by atoms with van der Waals surface area (Å²) in [6.07, 6.45) is 0.801. The molecule has 0 fully saturated rings. The van der Waals surface area contributed by atoms with Crippen molar-refractivity contribution in [2.75, 3.05) is 19.7 Å². The van der Waals surface area contributed by atoms with Gasteiger partial charge in [0.25, 0.3) is 5.91 Å². The molecule has 0 aliphatic carbocycles. The largest absolute Gasteiger partial charge is 0.494 e. The Balaban J connectivity index is 2.30. The smallest absolute Gasteiger partial charge is 0.255 e. The van der Waals surface area contributed by atoms with Crippen LogP contribution in [-0.4, -0.2) is 30.5 Å². The summed E-state index contributed by atoms with van der Waals surface area (Å²) in [5, 5.41) is 8.65. The zero-order valence-corrected chi connectivity index (χ0v) is 9.77. The van der Waals surface area contributed by atoms with Crippen LogP contribution in [0, 0.1) is 11.3 Å². The van der Waals surface area contributed by atoms with Gasteiger partial charge in [-0.15, -0.1) is 0 Å². The van der Waals surface area contributed by atoms with Gasteiger partial charge in [-0.3, -0.25) is 4.79 Å². The molecular weight excluding hydrogens is 216 g/mol. The first-order valence-electron chi connectivity index (χ1n) is 5.68. The minimum absolute atomic E-state index is 0.0747. The van der Waals surface area contributed by atoms with Crippen LogP contribution >= 0.6 is 0 Å². The predicted molar refractivity (Wildman–Crippen MR) is 62.8 cm³/mol. The number of amides is 1. The fourth-order valence-corrected chi connectivity index (χ4v) is 1.99. The first-order chi connectivity index (χ1) is 8.26. The molecule has 0 saturated heterocycles. The molecule has 1 aliphatic heterocycles. The van der Waals surface area contributed by atoms with E-state index in [-0.39, 0.29) is 12.5 Å². The topological polar surface area (TPSA) is 53.3 Å². The summed E-state index contributed by atoms with van der Waals surface area (Å²) in [5.74, 6) is 0.632. The minimum atomic E-state index is -0.0747. The highest BCUT2D eigenvalue weighted by Gasteiger charge is 2.24. The van der Waals surface area contributed by atoms with E-state index in [0.29, 0.717) is 24.5 Å². The summed E-state index contributed by atoms with van der Waals surface area (Å²) in [6, 6.07) is 7.60. The van der Waals surface area contributed by atoms with Crippen LogP contribution in [0.15, 0.2) is 18.2 Å². The first-order valence-corrected chi connectivity index (χ1v) is 5.68. The summed E-state index contributed by atoms with van der Waals surface area (Å²) in [5.41, 5.74) is 1.70. The van der Waals surface area contributed by atoms with Gasteiger partial charge in [0.05, 0.1) is 12.7 Å². The maximum atomic E-state index is 12.1. The number of benzene rings is 1. The molecule has 1 amide bonds. The average molecular weight is 230 g/mol. The molecule has 0 atom stereocenters. The number of rotatable bonds is 3. The molecule has 2 rings (SSSR count). The van der Waals surface area contributed by atoms with E-state index in [1.165, 1.54) is 0 Å². The average Bonchev–Trinajstić information content (AvgIpc) is 2.34. The molecule has 0 unspecified atom stereocenters. The molecule has 88 valence electrons. The van der Waals surface area contributed by atoms with Gasteiger partial charge >= 0.3 is 0 Å². The van der Waals surface area contributed by atoms with Gasteiger partial charge in [0, 0.05) is 12.1 Å². The molecule has 1 aromatic carbocycles. The molecule has 4 heteroatoms. The number of nitrogens with zero attached hydrogens (tertiary/aromatic N) is 2. The van der Waals surface area contributed by atoms with Crippen LogP contribution in [0.2, 0.25) is 0 Å². The van der Waals surface area contributed by atoms with Gasteiger partial charge in [-0.1, -0.05) is 6.07 Å². The summed E-state index contributed by atoms with van der Waals surface area (Å²) >= 11 is 0. The van der Waals surface area contributed by atoms with Crippen LogP contribution < -0.4 is 4.74 Å². The molecule has 0 aromatic heterocycles. The molecule has 1 heterocycles. The fraction of sp³-hybridized carbons (Fsp3) is 0.385. The predicted octanol–water partition coefficient (Wildman–Crippen LogP) is 1.61. The number of carbonyl (C=O) groups excluding carboxylic acids is 1. The van der Waals surface area contributed by atoms with Crippen LogP contribution in [0.3, 0.4) is 0 Å². The molecule has 0 saturated carbocycles. The highest BCUT2D eigenvalue weighted by molar-refractivity contribution is 5.97. The van der Waals surface area contributed by atoms with Crippen molar-refractivity contribution in [3.8, 4) is 11.8 Å². The zero-order valence-electron chi connectivity index (χ0n) is 9.77. The van der Waals surface area contributed by atoms with E-state index in [1.54, 1.807) is 11.0 Å². The quantitative estimate of drug-likeness (QED) is 0.741. The van der Waals surface area contributed by atoms with Gasteiger partial charge in [0.2, 0.25) is 0 Å². The second-order valence-corrected chi connectivity index (χ2v) is 3.89. The number of hydrogen-bond donors (Lipinski definition) is 0. The zero-order chi connectivity index (χ0) is 12.3. The summed E-state index contributed by atoms with van der Waals surface area (Å²) in [4.78, 5) is 13.6. The van der Waals surface area contributed by atoms with Crippen LogP contribution in [0.4, 0.5) is 0 Å². The SMILES string of the molecule is CCOc1ccc2c(c1)C(=O)N(CC#N)CC2. The standard InChI is InChI=1S/C13H14N2O2/c1-2-17-11-4-3-10-5-7-15(8-6-14)13(16)12(10)9-11/h3-4,9H,2,5,7-8H2,1H3. The van der Waals surface area contributed by atoms with Gasteiger partial charge in [-0.05, 0) is 31.0 Å². The number of ether oxygens (including phenoxy) is 1. The van der Waals surface area contributed by atoms with Gasteiger partial charge < -0.3 is 9.64 Å². The van der Waals surface area contributed by atoms with Crippen LogP contribution in [0.25, 0.3) is 0 Å². The van der Waals surface area contributed by atoms with E-state index < -0.39 is 0 Å². The third-order valence-electron chi connectivity index (χ3n) is 2.82. The van der Waals surface area contributed by atoms with Gasteiger partial charge in [0.1, 0.15) is 12.3 Å². The molecule has 0 spiro atoms. The van der Waals surface area contributed by atoms with Crippen molar-refractivity contribution in [3.05, 3.63) is 29.3 Å². The van der Waals surface area contributed by atoms with Crippen molar-refractivity contribution in [1.82, 2.24) is 4.90 Å². The van der Waals surface area contributed by atoms with Gasteiger partial charge in [-0.2, -0.15) is 5.26 Å². The van der Waals surface area contributed by atoms with Crippen LogP contribution in [0.1, 0.15) is 22.8 Å². The maximum Gasteiger partial charge on any atom is 0.255 e. The Morgan fingerprint density at radius 1 is 1.53 bits per heavy atom.